The van der Waals surface area contributed by atoms with E-state index in [0.717, 1.165) is 5.76 Å². The van der Waals surface area contributed by atoms with Crippen LogP contribution in [-0.2, 0) is 6.42 Å². The lowest BCUT2D eigenvalue weighted by Gasteiger charge is -2.14. The van der Waals surface area contributed by atoms with Crippen molar-refractivity contribution in [3.8, 4) is 0 Å². The van der Waals surface area contributed by atoms with E-state index in [0.29, 0.717) is 13.0 Å². The van der Waals surface area contributed by atoms with Gasteiger partial charge in [-0.25, -0.2) is 4.98 Å². The Hall–Kier alpha value is -2.41. The predicted molar refractivity (Wildman–Crippen MR) is 72.4 cm³/mol. The van der Waals surface area contributed by atoms with Crippen LogP contribution in [0.3, 0.4) is 0 Å². The molecular formula is C13H15N3O4. The lowest BCUT2D eigenvalue weighted by Crippen LogP contribution is -2.21. The van der Waals surface area contributed by atoms with Crippen LogP contribution in [0.15, 0.2) is 41.1 Å². The fourth-order valence-corrected chi connectivity index (χ4v) is 1.84. The van der Waals surface area contributed by atoms with Gasteiger partial charge in [0.15, 0.2) is 0 Å². The van der Waals surface area contributed by atoms with Crippen LogP contribution in [0.25, 0.3) is 0 Å². The minimum atomic E-state index is -0.490. The molecule has 2 aromatic heterocycles. The number of aliphatic hydroxyl groups is 1. The van der Waals surface area contributed by atoms with Gasteiger partial charge in [-0.2, -0.15) is 0 Å². The Balaban J connectivity index is 1.98. The Labute approximate surface area is 115 Å². The number of hydrogen-bond acceptors (Lipinski definition) is 6. The van der Waals surface area contributed by atoms with Crippen LogP contribution in [-0.4, -0.2) is 28.2 Å². The number of aromatic nitrogens is 1. The number of pyridine rings is 1. The van der Waals surface area contributed by atoms with Crippen LogP contribution in [0, 0.1) is 16.0 Å². The second-order valence-electron chi connectivity index (χ2n) is 4.34. The zero-order valence-electron chi connectivity index (χ0n) is 10.7. The third kappa shape index (κ3) is 3.55. The van der Waals surface area contributed by atoms with E-state index < -0.39 is 4.92 Å². The van der Waals surface area contributed by atoms with Crippen LogP contribution in [0.1, 0.15) is 5.76 Å². The van der Waals surface area contributed by atoms with Crippen LogP contribution >= 0.6 is 0 Å². The maximum atomic E-state index is 10.9. The van der Waals surface area contributed by atoms with Gasteiger partial charge in [0.2, 0.25) is 5.82 Å². The number of nitrogens with zero attached hydrogens (tertiary/aromatic N) is 2. The highest BCUT2D eigenvalue weighted by Gasteiger charge is 2.16. The van der Waals surface area contributed by atoms with Gasteiger partial charge in [-0.1, -0.05) is 0 Å². The van der Waals surface area contributed by atoms with Gasteiger partial charge in [0.05, 0.1) is 11.2 Å². The van der Waals surface area contributed by atoms with Gasteiger partial charge in [-0.05, 0) is 18.2 Å². The minimum absolute atomic E-state index is 0.0473. The van der Waals surface area contributed by atoms with E-state index >= 15 is 0 Å². The average molecular weight is 277 g/mol. The van der Waals surface area contributed by atoms with E-state index in [1.54, 1.807) is 12.3 Å². The van der Waals surface area contributed by atoms with E-state index in [-0.39, 0.29) is 24.0 Å². The van der Waals surface area contributed by atoms with Crippen LogP contribution in [0.2, 0.25) is 0 Å². The van der Waals surface area contributed by atoms with Gasteiger partial charge in [0.25, 0.3) is 0 Å². The van der Waals surface area contributed by atoms with Gasteiger partial charge in [0, 0.05) is 37.8 Å². The number of nitro groups is 1. The Morgan fingerprint density at radius 3 is 2.95 bits per heavy atom. The lowest BCUT2D eigenvalue weighted by atomic mass is 10.1. The summed E-state index contributed by atoms with van der Waals surface area (Å²) in [6.45, 7) is 0.323. The molecule has 7 heteroatoms. The summed E-state index contributed by atoms with van der Waals surface area (Å²) in [7, 11) is 0. The quantitative estimate of drug-likeness (QED) is 0.591. The highest BCUT2D eigenvalue weighted by Crippen LogP contribution is 2.21. The molecule has 2 aromatic rings. The molecule has 0 aliphatic carbocycles. The second kappa shape index (κ2) is 6.67. The van der Waals surface area contributed by atoms with Crippen LogP contribution in [0.4, 0.5) is 11.5 Å². The van der Waals surface area contributed by atoms with Crippen LogP contribution in [0.5, 0.6) is 0 Å². The smallest absolute Gasteiger partial charge is 0.311 e. The van der Waals surface area contributed by atoms with Gasteiger partial charge in [-0.15, -0.1) is 0 Å². The molecular weight excluding hydrogens is 262 g/mol. The van der Waals surface area contributed by atoms with Crippen molar-refractivity contribution >= 4 is 11.5 Å². The van der Waals surface area contributed by atoms with Gasteiger partial charge in [0.1, 0.15) is 5.76 Å². The molecule has 2 N–H and O–H groups in total. The summed E-state index contributed by atoms with van der Waals surface area (Å²) in [6.07, 6.45) is 3.60. The number of aliphatic hydroxyl groups excluding tert-OH is 1. The van der Waals surface area contributed by atoms with E-state index in [1.165, 1.54) is 18.3 Å². The fraction of sp³-hybridized carbons (Fsp3) is 0.308. The van der Waals surface area contributed by atoms with Crippen molar-refractivity contribution in [2.24, 2.45) is 5.92 Å². The molecule has 2 rings (SSSR count). The molecule has 0 saturated heterocycles. The van der Waals surface area contributed by atoms with Crippen molar-refractivity contribution in [1.29, 1.82) is 0 Å². The molecule has 0 bridgehead atoms. The highest BCUT2D eigenvalue weighted by atomic mass is 16.6. The summed E-state index contributed by atoms with van der Waals surface area (Å²) in [5.74, 6) is 0.861. The topological polar surface area (TPSA) is 101 Å². The monoisotopic (exact) mass is 277 g/mol. The predicted octanol–water partition coefficient (Wildman–Crippen LogP) is 1.85. The second-order valence-corrected chi connectivity index (χ2v) is 4.34. The zero-order valence-corrected chi connectivity index (χ0v) is 10.7. The number of anilines is 1. The fourth-order valence-electron chi connectivity index (χ4n) is 1.84. The summed E-state index contributed by atoms with van der Waals surface area (Å²) < 4.78 is 5.22. The lowest BCUT2D eigenvalue weighted by molar-refractivity contribution is -0.384. The van der Waals surface area contributed by atoms with Gasteiger partial charge < -0.3 is 14.8 Å². The molecule has 20 heavy (non-hydrogen) atoms. The van der Waals surface area contributed by atoms with E-state index in [4.69, 9.17) is 4.42 Å². The summed E-state index contributed by atoms with van der Waals surface area (Å²) in [5, 5.41) is 23.1. The first-order valence-electron chi connectivity index (χ1n) is 6.17. The summed E-state index contributed by atoms with van der Waals surface area (Å²) >= 11 is 0. The van der Waals surface area contributed by atoms with E-state index in [2.05, 4.69) is 10.3 Å². The Morgan fingerprint density at radius 1 is 1.45 bits per heavy atom. The zero-order chi connectivity index (χ0) is 14.4. The van der Waals surface area contributed by atoms with Crippen molar-refractivity contribution in [3.05, 3.63) is 52.6 Å². The third-order valence-electron chi connectivity index (χ3n) is 2.87. The average Bonchev–Trinajstić information content (AvgIpc) is 2.96. The van der Waals surface area contributed by atoms with E-state index in [9.17, 15) is 15.2 Å². The summed E-state index contributed by atoms with van der Waals surface area (Å²) in [6, 6.07) is 6.50. The minimum Gasteiger partial charge on any atom is -0.469 e. The molecule has 0 spiro atoms. The first-order valence-corrected chi connectivity index (χ1v) is 6.17. The molecule has 0 saturated carbocycles. The molecule has 0 aliphatic heterocycles. The molecule has 0 aliphatic rings. The SMILES string of the molecule is O=[N+]([O-])c1cccnc1NCC(CO)Cc1ccco1. The Bertz CT molecular complexity index is 557. The van der Waals surface area contributed by atoms with Crippen molar-refractivity contribution in [2.45, 2.75) is 6.42 Å². The Morgan fingerprint density at radius 2 is 2.30 bits per heavy atom. The molecule has 0 radical (unpaired) electrons. The first-order chi connectivity index (χ1) is 9.70. The van der Waals surface area contributed by atoms with Gasteiger partial charge in [-0.3, -0.25) is 10.1 Å². The molecule has 2 heterocycles. The molecule has 0 amide bonds. The largest absolute Gasteiger partial charge is 0.469 e. The third-order valence-corrected chi connectivity index (χ3v) is 2.87. The molecule has 0 fully saturated rings. The number of rotatable bonds is 7. The van der Waals surface area contributed by atoms with Crippen molar-refractivity contribution in [3.63, 3.8) is 0 Å². The number of hydrogen-bond donors (Lipinski definition) is 2. The number of furan rings is 1. The van der Waals surface area contributed by atoms with E-state index in [1.807, 2.05) is 6.07 Å². The maximum Gasteiger partial charge on any atom is 0.311 e. The highest BCUT2D eigenvalue weighted by molar-refractivity contribution is 5.55. The molecule has 7 nitrogen and oxygen atoms in total. The maximum absolute atomic E-state index is 10.9. The summed E-state index contributed by atoms with van der Waals surface area (Å²) in [5.41, 5.74) is -0.0813. The molecule has 1 unspecified atom stereocenters. The molecule has 0 aromatic carbocycles. The van der Waals surface area contributed by atoms with Crippen molar-refractivity contribution in [1.82, 2.24) is 4.98 Å². The Kier molecular flexibility index (Phi) is 4.67. The van der Waals surface area contributed by atoms with Gasteiger partial charge >= 0.3 is 5.69 Å². The van der Waals surface area contributed by atoms with Crippen molar-refractivity contribution < 1.29 is 14.4 Å². The van der Waals surface area contributed by atoms with Crippen LogP contribution < -0.4 is 5.32 Å². The number of nitrogens with one attached hydrogen (secondary N) is 1. The van der Waals surface area contributed by atoms with Crippen molar-refractivity contribution in [2.75, 3.05) is 18.5 Å². The first kappa shape index (κ1) is 14.0. The molecule has 1 atom stereocenters. The normalized spacial score (nSPS) is 12.1. The standard InChI is InChI=1S/C13H15N3O4/c17-9-10(7-11-3-2-6-20-11)8-15-13-12(16(18)19)4-1-5-14-13/h1-6,10,17H,7-9H2,(H,14,15). The summed E-state index contributed by atoms with van der Waals surface area (Å²) in [4.78, 5) is 14.3. The molecule has 106 valence electrons.